The van der Waals surface area contributed by atoms with Gasteiger partial charge in [0.1, 0.15) is 5.60 Å². The van der Waals surface area contributed by atoms with Gasteiger partial charge in [-0.05, 0) is 42.2 Å². The summed E-state index contributed by atoms with van der Waals surface area (Å²) >= 11 is 0. The molecule has 0 radical (unpaired) electrons. The molecule has 3 aliphatic rings. The van der Waals surface area contributed by atoms with E-state index in [1.54, 1.807) is 9.80 Å². The van der Waals surface area contributed by atoms with E-state index in [1.807, 2.05) is 48.7 Å². The Morgan fingerprint density at radius 1 is 1.10 bits per heavy atom. The van der Waals surface area contributed by atoms with Crippen LogP contribution in [0.1, 0.15) is 24.3 Å². The number of hydrogen-bond donors (Lipinski definition) is 1. The van der Waals surface area contributed by atoms with Crippen molar-refractivity contribution in [3.63, 3.8) is 0 Å². The molecule has 2 aliphatic carbocycles. The molecule has 2 aromatic rings. The summed E-state index contributed by atoms with van der Waals surface area (Å²) in [6, 6.07) is 10.1. The van der Waals surface area contributed by atoms with Crippen LogP contribution in [0.4, 0.5) is 0 Å². The van der Waals surface area contributed by atoms with Crippen molar-refractivity contribution in [3.05, 3.63) is 78.0 Å². The Kier molecular flexibility index (Phi) is 4.74. The highest BCUT2D eigenvalue weighted by atomic mass is 16.3. The van der Waals surface area contributed by atoms with Crippen LogP contribution >= 0.6 is 0 Å². The summed E-state index contributed by atoms with van der Waals surface area (Å²) in [5, 5.41) is 11.1. The average Bonchev–Trinajstić information content (AvgIpc) is 3.56. The number of aliphatic hydroxyl groups is 1. The second kappa shape index (κ2) is 7.46. The normalized spacial score (nSPS) is 22.4. The highest BCUT2D eigenvalue weighted by Gasteiger charge is 2.50. The lowest BCUT2D eigenvalue weighted by molar-refractivity contribution is -0.146. The van der Waals surface area contributed by atoms with Gasteiger partial charge < -0.3 is 14.9 Å². The molecule has 1 unspecified atom stereocenters. The van der Waals surface area contributed by atoms with E-state index in [1.165, 1.54) is 0 Å². The Hall–Kier alpha value is -3.25. The third kappa shape index (κ3) is 3.68. The number of nitrogens with zero attached hydrogens (tertiary/aromatic N) is 3. The standard InChI is InChI=1S/C25H25N3O3/c1-17-14-19(6-7-21(17)20-15-18-4-2-3-5-22(18)26-16-20)23(29)27-10-12-28(13-11-27)24(30)25(31)8-9-25/h2-7,14-16,21,31H,1,8-13H2. The van der Waals surface area contributed by atoms with Crippen LogP contribution in [0, 0.1) is 0 Å². The van der Waals surface area contributed by atoms with Gasteiger partial charge in [-0.3, -0.25) is 14.6 Å². The minimum Gasteiger partial charge on any atom is -0.380 e. The van der Waals surface area contributed by atoms with Crippen molar-refractivity contribution in [1.29, 1.82) is 0 Å². The van der Waals surface area contributed by atoms with Gasteiger partial charge in [0.25, 0.3) is 11.8 Å². The molecule has 2 fully saturated rings. The van der Waals surface area contributed by atoms with Crippen LogP contribution in [0.25, 0.3) is 10.9 Å². The van der Waals surface area contributed by atoms with Gasteiger partial charge in [-0.1, -0.05) is 36.9 Å². The van der Waals surface area contributed by atoms with Crippen LogP contribution in [-0.2, 0) is 9.59 Å². The first kappa shape index (κ1) is 19.7. The van der Waals surface area contributed by atoms with Crippen molar-refractivity contribution in [1.82, 2.24) is 14.8 Å². The first-order valence-corrected chi connectivity index (χ1v) is 10.7. The van der Waals surface area contributed by atoms with E-state index in [4.69, 9.17) is 0 Å². The third-order valence-corrected chi connectivity index (χ3v) is 6.40. The quantitative estimate of drug-likeness (QED) is 0.836. The topological polar surface area (TPSA) is 73.7 Å². The number of carbonyl (C=O) groups is 2. The maximum Gasteiger partial charge on any atom is 0.254 e. The number of amides is 2. The summed E-state index contributed by atoms with van der Waals surface area (Å²) in [6.45, 7) is 6.04. The number of pyridine rings is 1. The predicted molar refractivity (Wildman–Crippen MR) is 118 cm³/mol. The molecular formula is C25H25N3O3. The molecule has 2 heterocycles. The summed E-state index contributed by atoms with van der Waals surface area (Å²) in [5.74, 6) is -0.260. The SMILES string of the molecule is C=C1C=C(C(=O)N2CCN(C(=O)C3(O)CC3)CC2)C=CC1c1cnc2ccccc2c1. The zero-order valence-electron chi connectivity index (χ0n) is 17.3. The number of para-hydroxylation sites is 1. The fourth-order valence-electron chi connectivity index (χ4n) is 4.30. The lowest BCUT2D eigenvalue weighted by Crippen LogP contribution is -2.53. The molecule has 1 saturated carbocycles. The lowest BCUT2D eigenvalue weighted by Gasteiger charge is -2.36. The Morgan fingerprint density at radius 3 is 2.52 bits per heavy atom. The van der Waals surface area contributed by atoms with Crippen molar-refractivity contribution in [2.75, 3.05) is 26.2 Å². The zero-order valence-corrected chi connectivity index (χ0v) is 17.3. The van der Waals surface area contributed by atoms with E-state index in [-0.39, 0.29) is 17.7 Å². The summed E-state index contributed by atoms with van der Waals surface area (Å²) in [5.41, 5.74) is 2.32. The highest BCUT2D eigenvalue weighted by molar-refractivity contribution is 5.97. The molecule has 0 bridgehead atoms. The van der Waals surface area contributed by atoms with E-state index >= 15 is 0 Å². The maximum absolute atomic E-state index is 13.0. The number of rotatable bonds is 3. The number of carbonyl (C=O) groups excluding carboxylic acids is 2. The van der Waals surface area contributed by atoms with Crippen molar-refractivity contribution in [2.24, 2.45) is 0 Å². The molecule has 6 nitrogen and oxygen atoms in total. The number of aromatic nitrogens is 1. The van der Waals surface area contributed by atoms with Gasteiger partial charge in [0.2, 0.25) is 0 Å². The second-order valence-electron chi connectivity index (χ2n) is 8.59. The minimum atomic E-state index is -1.15. The van der Waals surface area contributed by atoms with Crippen molar-refractivity contribution in [3.8, 4) is 0 Å². The summed E-state index contributed by atoms with van der Waals surface area (Å²) in [6.07, 6.45) is 8.67. The predicted octanol–water partition coefficient (Wildman–Crippen LogP) is 2.57. The van der Waals surface area contributed by atoms with Gasteiger partial charge in [0.15, 0.2) is 0 Å². The van der Waals surface area contributed by atoms with Crippen molar-refractivity contribution < 1.29 is 14.7 Å². The van der Waals surface area contributed by atoms with E-state index in [0.29, 0.717) is 44.6 Å². The Bertz CT molecular complexity index is 1140. The van der Waals surface area contributed by atoms with E-state index in [9.17, 15) is 14.7 Å². The molecule has 6 heteroatoms. The minimum absolute atomic E-state index is 0.0117. The van der Waals surface area contributed by atoms with Gasteiger partial charge >= 0.3 is 0 Å². The van der Waals surface area contributed by atoms with Crippen molar-refractivity contribution in [2.45, 2.75) is 24.4 Å². The molecule has 2 amide bonds. The molecule has 5 rings (SSSR count). The summed E-state index contributed by atoms with van der Waals surface area (Å²) in [7, 11) is 0. The Morgan fingerprint density at radius 2 is 1.81 bits per heavy atom. The van der Waals surface area contributed by atoms with Crippen LogP contribution in [-0.4, -0.2) is 63.5 Å². The van der Waals surface area contributed by atoms with Crippen molar-refractivity contribution >= 4 is 22.7 Å². The van der Waals surface area contributed by atoms with E-state index < -0.39 is 5.60 Å². The molecular weight excluding hydrogens is 390 g/mol. The fourth-order valence-corrected chi connectivity index (χ4v) is 4.30. The first-order chi connectivity index (χ1) is 14.9. The number of hydrogen-bond acceptors (Lipinski definition) is 4. The number of benzene rings is 1. The van der Waals surface area contributed by atoms with Crippen LogP contribution in [0.2, 0.25) is 0 Å². The van der Waals surface area contributed by atoms with Crippen LogP contribution in [0.5, 0.6) is 0 Å². The van der Waals surface area contributed by atoms with Gasteiger partial charge in [-0.25, -0.2) is 0 Å². The summed E-state index contributed by atoms with van der Waals surface area (Å²) in [4.78, 5) is 33.3. The Labute approximate surface area is 181 Å². The molecule has 1 saturated heterocycles. The Balaban J connectivity index is 1.25. The third-order valence-electron chi connectivity index (χ3n) is 6.40. The van der Waals surface area contributed by atoms with Crippen LogP contribution in [0.15, 0.2) is 72.5 Å². The largest absolute Gasteiger partial charge is 0.380 e. The van der Waals surface area contributed by atoms with E-state index in [2.05, 4.69) is 17.6 Å². The molecule has 158 valence electrons. The van der Waals surface area contributed by atoms with Gasteiger partial charge in [-0.2, -0.15) is 0 Å². The molecule has 0 spiro atoms. The molecule has 1 atom stereocenters. The summed E-state index contributed by atoms with van der Waals surface area (Å²) < 4.78 is 0. The van der Waals surface area contributed by atoms with Gasteiger partial charge in [0, 0.05) is 49.3 Å². The highest BCUT2D eigenvalue weighted by Crippen LogP contribution is 2.37. The molecule has 1 N–H and O–H groups in total. The second-order valence-corrected chi connectivity index (χ2v) is 8.59. The molecule has 1 aromatic carbocycles. The molecule has 31 heavy (non-hydrogen) atoms. The maximum atomic E-state index is 13.0. The van der Waals surface area contributed by atoms with Crippen LogP contribution < -0.4 is 0 Å². The molecule has 1 aromatic heterocycles. The van der Waals surface area contributed by atoms with E-state index in [0.717, 1.165) is 22.0 Å². The fraction of sp³-hybridized carbons (Fsp3) is 0.320. The number of fused-ring (bicyclic) bond motifs is 1. The van der Waals surface area contributed by atoms with Gasteiger partial charge in [0.05, 0.1) is 5.52 Å². The number of piperazine rings is 1. The van der Waals surface area contributed by atoms with Crippen LogP contribution in [0.3, 0.4) is 0 Å². The number of allylic oxidation sites excluding steroid dienone is 3. The smallest absolute Gasteiger partial charge is 0.254 e. The zero-order chi connectivity index (χ0) is 21.6. The van der Waals surface area contributed by atoms with Gasteiger partial charge in [-0.15, -0.1) is 0 Å². The monoisotopic (exact) mass is 415 g/mol. The first-order valence-electron chi connectivity index (χ1n) is 10.7. The lowest BCUT2D eigenvalue weighted by atomic mass is 9.86. The molecule has 1 aliphatic heterocycles. The average molecular weight is 415 g/mol.